The third kappa shape index (κ3) is 3.93. The molecule has 1 nitrogen and oxygen atoms in total. The molecule has 0 amide bonds. The van der Waals surface area contributed by atoms with Crippen molar-refractivity contribution in [2.45, 2.75) is 71.8 Å². The molecule has 0 heterocycles. The summed E-state index contributed by atoms with van der Waals surface area (Å²) in [6.45, 7) is 7.98. The second kappa shape index (κ2) is 7.89. The third-order valence-electron chi connectivity index (χ3n) is 3.82. The Morgan fingerprint density at radius 3 is 2.62 bits per heavy atom. The van der Waals surface area contributed by atoms with Gasteiger partial charge >= 0.3 is 0 Å². The van der Waals surface area contributed by atoms with Gasteiger partial charge in [-0.3, -0.25) is 0 Å². The van der Waals surface area contributed by atoms with Gasteiger partial charge in [0, 0.05) is 6.04 Å². The molecule has 1 rings (SSSR count). The zero-order valence-electron chi connectivity index (χ0n) is 11.4. The number of nitrogens with one attached hydrogen (secondary N) is 1. The number of hydrogen-bond donors (Lipinski definition) is 1. The first-order valence-corrected chi connectivity index (χ1v) is 7.25. The molecule has 0 spiro atoms. The summed E-state index contributed by atoms with van der Waals surface area (Å²) in [5.41, 5.74) is 1.70. The minimum absolute atomic E-state index is 0.670. The van der Waals surface area contributed by atoms with Crippen molar-refractivity contribution in [1.82, 2.24) is 5.32 Å². The molecule has 0 aromatic carbocycles. The summed E-state index contributed by atoms with van der Waals surface area (Å²) in [5, 5.41) is 3.72. The Bertz CT molecular complexity index is 207. The Balaban J connectivity index is 2.57. The highest BCUT2D eigenvalue weighted by atomic mass is 14.9. The van der Waals surface area contributed by atoms with Crippen LogP contribution in [0.2, 0.25) is 0 Å². The lowest BCUT2D eigenvalue weighted by molar-refractivity contribution is 0.350. The smallest absolute Gasteiger partial charge is 0.0307 e. The maximum atomic E-state index is 3.72. The fourth-order valence-corrected chi connectivity index (χ4v) is 2.87. The molecule has 0 aromatic rings. The van der Waals surface area contributed by atoms with Gasteiger partial charge in [0.15, 0.2) is 0 Å². The van der Waals surface area contributed by atoms with E-state index in [9.17, 15) is 0 Å². The molecule has 1 aliphatic carbocycles. The number of rotatable bonds is 8. The summed E-state index contributed by atoms with van der Waals surface area (Å²) in [6.07, 6.45) is 11.9. The highest BCUT2D eigenvalue weighted by Crippen LogP contribution is 2.29. The fraction of sp³-hybridized carbons (Fsp3) is 0.867. The van der Waals surface area contributed by atoms with Gasteiger partial charge in [-0.05, 0) is 38.1 Å². The van der Waals surface area contributed by atoms with Crippen LogP contribution in [0, 0.1) is 5.92 Å². The third-order valence-corrected chi connectivity index (χ3v) is 3.82. The van der Waals surface area contributed by atoms with Crippen LogP contribution in [0.25, 0.3) is 0 Å². The van der Waals surface area contributed by atoms with E-state index in [0.29, 0.717) is 6.04 Å². The Morgan fingerprint density at radius 1 is 1.31 bits per heavy atom. The predicted octanol–water partition coefficient (Wildman–Crippen LogP) is 4.29. The lowest BCUT2D eigenvalue weighted by Gasteiger charge is -2.28. The minimum Gasteiger partial charge on any atom is -0.310 e. The molecule has 16 heavy (non-hydrogen) atoms. The first-order chi connectivity index (χ1) is 7.83. The van der Waals surface area contributed by atoms with Crippen molar-refractivity contribution in [2.24, 2.45) is 5.92 Å². The first-order valence-electron chi connectivity index (χ1n) is 7.25. The number of hydrogen-bond acceptors (Lipinski definition) is 1. The Labute approximate surface area is 102 Å². The van der Waals surface area contributed by atoms with Crippen molar-refractivity contribution < 1.29 is 0 Å². The van der Waals surface area contributed by atoms with Gasteiger partial charge in [0.2, 0.25) is 0 Å². The highest BCUT2D eigenvalue weighted by Gasteiger charge is 2.23. The average molecular weight is 223 g/mol. The van der Waals surface area contributed by atoms with Crippen LogP contribution >= 0.6 is 0 Å². The van der Waals surface area contributed by atoms with E-state index in [1.54, 1.807) is 5.57 Å². The van der Waals surface area contributed by atoms with E-state index < -0.39 is 0 Å². The molecule has 2 atom stereocenters. The van der Waals surface area contributed by atoms with Gasteiger partial charge in [-0.25, -0.2) is 0 Å². The minimum atomic E-state index is 0.670. The summed E-state index contributed by atoms with van der Waals surface area (Å²) < 4.78 is 0. The molecule has 0 saturated carbocycles. The van der Waals surface area contributed by atoms with E-state index in [1.807, 2.05) is 0 Å². The van der Waals surface area contributed by atoms with Gasteiger partial charge in [0.1, 0.15) is 0 Å². The van der Waals surface area contributed by atoms with Crippen molar-refractivity contribution >= 4 is 0 Å². The monoisotopic (exact) mass is 223 g/mol. The summed E-state index contributed by atoms with van der Waals surface area (Å²) >= 11 is 0. The second-order valence-electron chi connectivity index (χ2n) is 5.02. The molecule has 0 bridgehead atoms. The molecule has 1 heteroatoms. The van der Waals surface area contributed by atoms with Gasteiger partial charge in [0.25, 0.3) is 0 Å². The van der Waals surface area contributed by atoms with E-state index in [4.69, 9.17) is 0 Å². The highest BCUT2D eigenvalue weighted by molar-refractivity contribution is 5.16. The molecule has 0 radical (unpaired) electrons. The Morgan fingerprint density at radius 2 is 2.12 bits per heavy atom. The molecule has 1 N–H and O–H groups in total. The van der Waals surface area contributed by atoms with E-state index in [0.717, 1.165) is 12.5 Å². The lowest BCUT2D eigenvalue weighted by Crippen LogP contribution is -2.37. The molecular formula is C15H29N. The van der Waals surface area contributed by atoms with Crippen LogP contribution in [0.5, 0.6) is 0 Å². The maximum Gasteiger partial charge on any atom is 0.0307 e. The van der Waals surface area contributed by atoms with Gasteiger partial charge in [0.05, 0.1) is 0 Å². The van der Waals surface area contributed by atoms with E-state index in [1.165, 1.54) is 44.9 Å². The van der Waals surface area contributed by atoms with Gasteiger partial charge in [-0.1, -0.05) is 51.7 Å². The van der Waals surface area contributed by atoms with Crippen LogP contribution in [0.4, 0.5) is 0 Å². The summed E-state index contributed by atoms with van der Waals surface area (Å²) in [6, 6.07) is 0.670. The molecule has 94 valence electrons. The summed E-state index contributed by atoms with van der Waals surface area (Å²) in [7, 11) is 0. The van der Waals surface area contributed by atoms with Gasteiger partial charge in [-0.2, -0.15) is 0 Å². The van der Waals surface area contributed by atoms with Crippen LogP contribution in [-0.2, 0) is 0 Å². The Kier molecular flexibility index (Phi) is 6.79. The van der Waals surface area contributed by atoms with Gasteiger partial charge < -0.3 is 5.32 Å². The molecule has 2 unspecified atom stereocenters. The van der Waals surface area contributed by atoms with Crippen molar-refractivity contribution in [2.75, 3.05) is 6.54 Å². The van der Waals surface area contributed by atoms with Crippen LogP contribution < -0.4 is 5.32 Å². The molecule has 0 aliphatic heterocycles. The fourth-order valence-electron chi connectivity index (χ4n) is 2.87. The molecule has 0 aromatic heterocycles. The first kappa shape index (κ1) is 13.8. The number of allylic oxidation sites excluding steroid dienone is 1. The molecule has 1 aliphatic rings. The molecule has 0 saturated heterocycles. The average Bonchev–Trinajstić information content (AvgIpc) is 2.82. The normalized spacial score (nSPS) is 19.6. The number of unbranched alkanes of at least 4 members (excludes halogenated alkanes) is 1. The lowest BCUT2D eigenvalue weighted by atomic mass is 9.86. The van der Waals surface area contributed by atoms with Crippen LogP contribution in [0.3, 0.4) is 0 Å². The van der Waals surface area contributed by atoms with Gasteiger partial charge in [-0.15, -0.1) is 0 Å². The number of likely N-dealkylation sites (N-methyl/N-ethyl adjacent to an activating group) is 1. The topological polar surface area (TPSA) is 12.0 Å². The summed E-state index contributed by atoms with van der Waals surface area (Å²) in [4.78, 5) is 0. The maximum absolute atomic E-state index is 3.72. The van der Waals surface area contributed by atoms with Crippen molar-refractivity contribution in [3.8, 4) is 0 Å². The van der Waals surface area contributed by atoms with Crippen molar-refractivity contribution in [3.63, 3.8) is 0 Å². The predicted molar refractivity (Wildman–Crippen MR) is 72.7 cm³/mol. The van der Waals surface area contributed by atoms with Crippen LogP contribution in [0.15, 0.2) is 11.6 Å². The molecule has 0 fully saturated rings. The standard InChI is InChI=1S/C15H29N/c1-4-7-10-13(5-2)15(16-6-3)14-11-8-9-12-14/h11,13,15-16H,4-10,12H2,1-3H3. The zero-order chi connectivity index (χ0) is 11.8. The second-order valence-corrected chi connectivity index (χ2v) is 5.02. The SMILES string of the molecule is CCCCC(CC)C(NCC)C1=CCCC1. The van der Waals surface area contributed by atoms with E-state index in [2.05, 4.69) is 32.2 Å². The van der Waals surface area contributed by atoms with Crippen LogP contribution in [-0.4, -0.2) is 12.6 Å². The Hall–Kier alpha value is -0.300. The largest absolute Gasteiger partial charge is 0.310 e. The quantitative estimate of drug-likeness (QED) is 0.605. The van der Waals surface area contributed by atoms with Crippen LogP contribution in [0.1, 0.15) is 65.7 Å². The zero-order valence-corrected chi connectivity index (χ0v) is 11.4. The summed E-state index contributed by atoms with van der Waals surface area (Å²) in [5.74, 6) is 0.851. The van der Waals surface area contributed by atoms with Crippen molar-refractivity contribution in [3.05, 3.63) is 11.6 Å². The van der Waals surface area contributed by atoms with E-state index >= 15 is 0 Å². The molecular weight excluding hydrogens is 194 g/mol. The van der Waals surface area contributed by atoms with E-state index in [-0.39, 0.29) is 0 Å². The van der Waals surface area contributed by atoms with Crippen molar-refractivity contribution in [1.29, 1.82) is 0 Å².